The number of likely N-dealkylation sites (N-methyl/N-ethyl adjacent to an activating group) is 1. The summed E-state index contributed by atoms with van der Waals surface area (Å²) in [5.74, 6) is 0. The molecule has 2 aliphatic carbocycles. The van der Waals surface area contributed by atoms with Crippen molar-refractivity contribution in [1.82, 2.24) is 10.2 Å². The molecule has 0 saturated heterocycles. The molecule has 0 aromatic heterocycles. The second-order valence-corrected chi connectivity index (χ2v) is 6.53. The molecule has 1 fully saturated rings. The highest BCUT2D eigenvalue weighted by molar-refractivity contribution is 5.35. The lowest BCUT2D eigenvalue weighted by molar-refractivity contribution is 0.0598. The molecule has 1 aromatic carbocycles. The van der Waals surface area contributed by atoms with Crippen LogP contribution < -0.4 is 5.32 Å². The predicted molar refractivity (Wildman–Crippen MR) is 80.4 cm³/mol. The monoisotopic (exact) mass is 258 g/mol. The topological polar surface area (TPSA) is 15.3 Å². The highest BCUT2D eigenvalue weighted by Gasteiger charge is 2.38. The molecule has 0 atom stereocenters. The Balaban J connectivity index is 1.55. The van der Waals surface area contributed by atoms with E-state index in [0.29, 0.717) is 5.54 Å². The Morgan fingerprint density at radius 1 is 1.11 bits per heavy atom. The normalized spacial score (nSPS) is 20.4. The van der Waals surface area contributed by atoms with E-state index in [1.165, 1.54) is 44.1 Å². The van der Waals surface area contributed by atoms with Gasteiger partial charge in [0.05, 0.1) is 0 Å². The van der Waals surface area contributed by atoms with Crippen LogP contribution in [-0.2, 0) is 19.4 Å². The molecule has 19 heavy (non-hydrogen) atoms. The molecular formula is C17H26N2. The maximum atomic E-state index is 3.68. The highest BCUT2D eigenvalue weighted by atomic mass is 15.2. The number of hydrogen-bond acceptors (Lipinski definition) is 2. The first-order valence-electron chi connectivity index (χ1n) is 7.68. The molecule has 1 saturated carbocycles. The number of fused-ring (bicyclic) bond motifs is 1. The van der Waals surface area contributed by atoms with Gasteiger partial charge in [0.1, 0.15) is 0 Å². The van der Waals surface area contributed by atoms with Crippen molar-refractivity contribution < 1.29 is 0 Å². The van der Waals surface area contributed by atoms with Crippen molar-refractivity contribution in [2.24, 2.45) is 0 Å². The lowest BCUT2D eigenvalue weighted by atomic mass is 9.75. The van der Waals surface area contributed by atoms with Crippen LogP contribution in [0, 0.1) is 0 Å². The van der Waals surface area contributed by atoms with Gasteiger partial charge in [-0.15, -0.1) is 0 Å². The zero-order valence-electron chi connectivity index (χ0n) is 12.3. The van der Waals surface area contributed by atoms with Crippen LogP contribution >= 0.6 is 0 Å². The van der Waals surface area contributed by atoms with Crippen LogP contribution in [0.1, 0.15) is 42.4 Å². The molecule has 2 nitrogen and oxygen atoms in total. The SMILES string of the molecule is CN(C)C1(CNCc2ccc3c(c2)CCC3)CCC1. The summed E-state index contributed by atoms with van der Waals surface area (Å²) in [5.41, 5.74) is 5.04. The smallest absolute Gasteiger partial charge is 0.0328 e. The first-order valence-corrected chi connectivity index (χ1v) is 7.68. The van der Waals surface area contributed by atoms with Gasteiger partial charge in [-0.2, -0.15) is 0 Å². The van der Waals surface area contributed by atoms with Crippen molar-refractivity contribution in [2.75, 3.05) is 20.6 Å². The number of nitrogens with zero attached hydrogens (tertiary/aromatic N) is 1. The average molecular weight is 258 g/mol. The molecular weight excluding hydrogens is 232 g/mol. The van der Waals surface area contributed by atoms with E-state index in [-0.39, 0.29) is 0 Å². The van der Waals surface area contributed by atoms with Gasteiger partial charge in [0.25, 0.3) is 0 Å². The van der Waals surface area contributed by atoms with Gasteiger partial charge in [-0.05, 0) is 69.3 Å². The van der Waals surface area contributed by atoms with Crippen LogP contribution in [0.5, 0.6) is 0 Å². The summed E-state index contributed by atoms with van der Waals surface area (Å²) in [6.45, 7) is 2.14. The third-order valence-electron chi connectivity index (χ3n) is 5.18. The second-order valence-electron chi connectivity index (χ2n) is 6.53. The van der Waals surface area contributed by atoms with Gasteiger partial charge in [-0.1, -0.05) is 18.2 Å². The van der Waals surface area contributed by atoms with Crippen molar-refractivity contribution in [3.05, 3.63) is 34.9 Å². The fourth-order valence-corrected chi connectivity index (χ4v) is 3.54. The zero-order valence-corrected chi connectivity index (χ0v) is 12.3. The zero-order chi connectivity index (χ0) is 13.3. The summed E-state index contributed by atoms with van der Waals surface area (Å²) in [4.78, 5) is 2.41. The van der Waals surface area contributed by atoms with Crippen molar-refractivity contribution in [3.8, 4) is 0 Å². The summed E-state index contributed by atoms with van der Waals surface area (Å²) in [6.07, 6.45) is 7.99. The quantitative estimate of drug-likeness (QED) is 0.873. The van der Waals surface area contributed by atoms with Gasteiger partial charge in [-0.25, -0.2) is 0 Å². The van der Waals surface area contributed by atoms with E-state index in [0.717, 1.165) is 13.1 Å². The first-order chi connectivity index (χ1) is 9.20. The highest BCUT2D eigenvalue weighted by Crippen LogP contribution is 2.35. The number of nitrogens with one attached hydrogen (secondary N) is 1. The molecule has 0 aliphatic heterocycles. The van der Waals surface area contributed by atoms with Gasteiger partial charge in [-0.3, -0.25) is 0 Å². The standard InChI is InChI=1S/C17H26N2/c1-19(2)17(9-4-10-17)13-18-12-14-7-8-15-5-3-6-16(15)11-14/h7-8,11,18H,3-6,9-10,12-13H2,1-2H3. The Morgan fingerprint density at radius 3 is 2.58 bits per heavy atom. The molecule has 2 aliphatic rings. The van der Waals surface area contributed by atoms with Crippen molar-refractivity contribution in [1.29, 1.82) is 0 Å². The number of aryl methyl sites for hydroxylation is 2. The average Bonchev–Trinajstić information content (AvgIpc) is 2.79. The molecule has 1 N–H and O–H groups in total. The molecule has 0 unspecified atom stereocenters. The summed E-state index contributed by atoms with van der Waals surface area (Å²) in [6, 6.07) is 7.06. The Morgan fingerprint density at radius 2 is 1.89 bits per heavy atom. The van der Waals surface area contributed by atoms with Gasteiger partial charge < -0.3 is 10.2 Å². The van der Waals surface area contributed by atoms with E-state index in [1.54, 1.807) is 11.1 Å². The maximum Gasteiger partial charge on any atom is 0.0328 e. The van der Waals surface area contributed by atoms with Crippen molar-refractivity contribution in [3.63, 3.8) is 0 Å². The van der Waals surface area contributed by atoms with E-state index < -0.39 is 0 Å². The molecule has 0 bridgehead atoms. The second kappa shape index (κ2) is 5.26. The minimum Gasteiger partial charge on any atom is -0.311 e. The van der Waals surface area contributed by atoms with Crippen LogP contribution in [0.2, 0.25) is 0 Å². The van der Waals surface area contributed by atoms with Gasteiger partial charge in [0.15, 0.2) is 0 Å². The van der Waals surface area contributed by atoms with Crippen molar-refractivity contribution >= 4 is 0 Å². The predicted octanol–water partition coefficient (Wildman–Crippen LogP) is 2.75. The largest absolute Gasteiger partial charge is 0.311 e. The molecule has 3 rings (SSSR count). The summed E-state index contributed by atoms with van der Waals surface area (Å²) >= 11 is 0. The fraction of sp³-hybridized carbons (Fsp3) is 0.647. The van der Waals surface area contributed by atoms with Gasteiger partial charge in [0.2, 0.25) is 0 Å². The van der Waals surface area contributed by atoms with Crippen LogP contribution in [0.15, 0.2) is 18.2 Å². The van der Waals surface area contributed by atoms with E-state index >= 15 is 0 Å². The van der Waals surface area contributed by atoms with E-state index in [4.69, 9.17) is 0 Å². The van der Waals surface area contributed by atoms with Crippen LogP contribution in [-0.4, -0.2) is 31.1 Å². The summed E-state index contributed by atoms with van der Waals surface area (Å²) < 4.78 is 0. The molecule has 0 spiro atoms. The fourth-order valence-electron chi connectivity index (χ4n) is 3.54. The Bertz CT molecular complexity index is 447. The third kappa shape index (κ3) is 2.56. The molecule has 0 heterocycles. The number of rotatable bonds is 5. The molecule has 2 heteroatoms. The Hall–Kier alpha value is -0.860. The molecule has 104 valence electrons. The first kappa shape index (κ1) is 13.1. The number of hydrogen-bond donors (Lipinski definition) is 1. The van der Waals surface area contributed by atoms with Crippen molar-refractivity contribution in [2.45, 2.75) is 50.6 Å². The van der Waals surface area contributed by atoms with Crippen LogP contribution in [0.25, 0.3) is 0 Å². The van der Waals surface area contributed by atoms with Gasteiger partial charge in [0, 0.05) is 18.6 Å². The van der Waals surface area contributed by atoms with E-state index in [9.17, 15) is 0 Å². The number of benzene rings is 1. The Labute approximate surface area is 117 Å². The molecule has 0 amide bonds. The minimum absolute atomic E-state index is 0.427. The van der Waals surface area contributed by atoms with E-state index in [2.05, 4.69) is 42.5 Å². The van der Waals surface area contributed by atoms with Crippen LogP contribution in [0.4, 0.5) is 0 Å². The molecule has 1 aromatic rings. The minimum atomic E-state index is 0.427. The lowest BCUT2D eigenvalue weighted by Crippen LogP contribution is -2.56. The van der Waals surface area contributed by atoms with Gasteiger partial charge >= 0.3 is 0 Å². The third-order valence-corrected chi connectivity index (χ3v) is 5.18. The Kier molecular flexibility index (Phi) is 3.64. The molecule has 0 radical (unpaired) electrons. The lowest BCUT2D eigenvalue weighted by Gasteiger charge is -2.47. The van der Waals surface area contributed by atoms with Crippen LogP contribution in [0.3, 0.4) is 0 Å². The maximum absolute atomic E-state index is 3.68. The summed E-state index contributed by atoms with van der Waals surface area (Å²) in [5, 5.41) is 3.68. The summed E-state index contributed by atoms with van der Waals surface area (Å²) in [7, 11) is 4.44. The van der Waals surface area contributed by atoms with E-state index in [1.807, 2.05) is 0 Å².